The molecule has 0 aliphatic carbocycles. The fourth-order valence-electron chi connectivity index (χ4n) is 2.75. The lowest BCUT2D eigenvalue weighted by atomic mass is 10.1. The van der Waals surface area contributed by atoms with Gasteiger partial charge in [-0.15, -0.1) is 23.1 Å². The van der Waals surface area contributed by atoms with Gasteiger partial charge < -0.3 is 19.5 Å². The minimum absolute atomic E-state index is 0.0381. The maximum absolute atomic E-state index is 12.3. The van der Waals surface area contributed by atoms with E-state index in [2.05, 4.69) is 10.3 Å². The molecular weight excluding hydrogens is 420 g/mol. The second-order valence-corrected chi connectivity index (χ2v) is 8.31. The van der Waals surface area contributed by atoms with Gasteiger partial charge in [-0.25, -0.2) is 4.98 Å². The molecule has 3 rings (SSSR count). The summed E-state index contributed by atoms with van der Waals surface area (Å²) < 4.78 is 15.9. The summed E-state index contributed by atoms with van der Waals surface area (Å²) in [6.07, 6.45) is 1.23. The van der Waals surface area contributed by atoms with Crippen molar-refractivity contribution < 1.29 is 19.0 Å². The fraction of sp³-hybridized carbons (Fsp3) is 0.273. The molecule has 0 aliphatic heterocycles. The molecule has 0 spiro atoms. The normalized spacial score (nSPS) is 10.5. The number of ether oxygens (including phenoxy) is 3. The molecule has 6 nitrogen and oxygen atoms in total. The molecule has 0 saturated carbocycles. The Bertz CT molecular complexity index is 974. The van der Waals surface area contributed by atoms with Crippen molar-refractivity contribution in [1.82, 2.24) is 4.98 Å². The van der Waals surface area contributed by atoms with Gasteiger partial charge in [0.15, 0.2) is 5.13 Å². The largest absolute Gasteiger partial charge is 0.497 e. The molecule has 0 fully saturated rings. The molecule has 1 heterocycles. The lowest BCUT2D eigenvalue weighted by molar-refractivity contribution is -0.116. The lowest BCUT2D eigenvalue weighted by Gasteiger charge is -2.08. The average Bonchev–Trinajstić information content (AvgIpc) is 3.24. The van der Waals surface area contributed by atoms with Crippen LogP contribution in [0.1, 0.15) is 12.8 Å². The predicted octanol–water partition coefficient (Wildman–Crippen LogP) is 5.35. The van der Waals surface area contributed by atoms with Crippen molar-refractivity contribution in [3.05, 3.63) is 47.8 Å². The van der Waals surface area contributed by atoms with E-state index < -0.39 is 0 Å². The summed E-state index contributed by atoms with van der Waals surface area (Å²) >= 11 is 3.11. The fourth-order valence-corrected chi connectivity index (χ4v) is 4.33. The first-order valence-electron chi connectivity index (χ1n) is 9.37. The molecule has 8 heteroatoms. The molecule has 0 bridgehead atoms. The summed E-state index contributed by atoms with van der Waals surface area (Å²) in [4.78, 5) is 18.0. The van der Waals surface area contributed by atoms with Crippen LogP contribution in [-0.2, 0) is 4.79 Å². The van der Waals surface area contributed by atoms with E-state index in [0.29, 0.717) is 17.3 Å². The van der Waals surface area contributed by atoms with E-state index in [0.717, 1.165) is 39.8 Å². The zero-order valence-electron chi connectivity index (χ0n) is 17.1. The predicted molar refractivity (Wildman–Crippen MR) is 122 cm³/mol. The Morgan fingerprint density at radius 2 is 1.77 bits per heavy atom. The van der Waals surface area contributed by atoms with E-state index in [9.17, 15) is 4.79 Å². The summed E-state index contributed by atoms with van der Waals surface area (Å²) in [5, 5.41) is 5.35. The second kappa shape index (κ2) is 10.9. The Kier molecular flexibility index (Phi) is 7.98. The first kappa shape index (κ1) is 22.0. The van der Waals surface area contributed by atoms with Crippen LogP contribution in [0.2, 0.25) is 0 Å². The third-order valence-corrected chi connectivity index (χ3v) is 6.17. The van der Waals surface area contributed by atoms with E-state index in [1.807, 2.05) is 47.8 Å². The standard InChI is InChI=1S/C22H24N2O4S2/c1-26-15-6-9-17(10-7-15)29-12-4-5-21(25)24-22-23-19(14-30-22)18-13-16(27-2)8-11-20(18)28-3/h6-11,13-14H,4-5,12H2,1-3H3,(H,23,24,25). The molecule has 0 saturated heterocycles. The quantitative estimate of drug-likeness (QED) is 0.336. The van der Waals surface area contributed by atoms with Crippen LogP contribution in [0.25, 0.3) is 11.3 Å². The van der Waals surface area contributed by atoms with Crippen LogP contribution in [0.15, 0.2) is 52.7 Å². The molecule has 1 N–H and O–H groups in total. The zero-order chi connectivity index (χ0) is 21.3. The van der Waals surface area contributed by atoms with Gasteiger partial charge in [0, 0.05) is 22.3 Å². The molecule has 0 atom stereocenters. The molecule has 0 aliphatic rings. The van der Waals surface area contributed by atoms with Gasteiger partial charge in [0.25, 0.3) is 0 Å². The van der Waals surface area contributed by atoms with Crippen molar-refractivity contribution in [1.29, 1.82) is 0 Å². The Balaban J connectivity index is 1.50. The maximum Gasteiger partial charge on any atom is 0.226 e. The van der Waals surface area contributed by atoms with Gasteiger partial charge >= 0.3 is 0 Å². The van der Waals surface area contributed by atoms with Crippen molar-refractivity contribution >= 4 is 34.1 Å². The number of thiazole rings is 1. The summed E-state index contributed by atoms with van der Waals surface area (Å²) in [7, 11) is 4.88. The highest BCUT2D eigenvalue weighted by Gasteiger charge is 2.13. The molecule has 1 aromatic heterocycles. The number of amides is 1. The van der Waals surface area contributed by atoms with Crippen LogP contribution in [0.3, 0.4) is 0 Å². The molecule has 2 aromatic carbocycles. The van der Waals surface area contributed by atoms with Gasteiger partial charge in [0.2, 0.25) is 5.91 Å². The maximum atomic E-state index is 12.3. The smallest absolute Gasteiger partial charge is 0.226 e. The van der Waals surface area contributed by atoms with Crippen LogP contribution in [-0.4, -0.2) is 38.0 Å². The zero-order valence-corrected chi connectivity index (χ0v) is 18.8. The highest BCUT2D eigenvalue weighted by molar-refractivity contribution is 7.99. The number of hydrogen-bond acceptors (Lipinski definition) is 7. The van der Waals surface area contributed by atoms with Crippen LogP contribution in [0, 0.1) is 0 Å². The number of anilines is 1. The van der Waals surface area contributed by atoms with E-state index in [-0.39, 0.29) is 5.91 Å². The van der Waals surface area contributed by atoms with E-state index >= 15 is 0 Å². The number of nitrogens with zero attached hydrogens (tertiary/aromatic N) is 1. The third kappa shape index (κ3) is 5.90. The van der Waals surface area contributed by atoms with Crippen molar-refractivity contribution in [2.75, 3.05) is 32.4 Å². The molecule has 30 heavy (non-hydrogen) atoms. The SMILES string of the molecule is COc1ccc(SCCCC(=O)Nc2nc(-c3cc(OC)ccc3OC)cs2)cc1. The number of hydrogen-bond donors (Lipinski definition) is 1. The average molecular weight is 445 g/mol. The number of methoxy groups -OCH3 is 3. The van der Waals surface area contributed by atoms with Gasteiger partial charge in [0.05, 0.1) is 27.0 Å². The summed E-state index contributed by atoms with van der Waals surface area (Å²) in [5.74, 6) is 3.09. The van der Waals surface area contributed by atoms with Gasteiger partial charge in [-0.3, -0.25) is 4.79 Å². The van der Waals surface area contributed by atoms with Crippen LogP contribution in [0.5, 0.6) is 17.2 Å². The minimum Gasteiger partial charge on any atom is -0.497 e. The number of rotatable bonds is 10. The lowest BCUT2D eigenvalue weighted by Crippen LogP contribution is -2.11. The number of aromatic nitrogens is 1. The van der Waals surface area contributed by atoms with Crippen LogP contribution in [0.4, 0.5) is 5.13 Å². The minimum atomic E-state index is -0.0381. The Hall–Kier alpha value is -2.71. The number of carbonyl (C=O) groups is 1. The molecule has 0 radical (unpaired) electrons. The molecule has 3 aromatic rings. The van der Waals surface area contributed by atoms with E-state index in [1.54, 1.807) is 33.1 Å². The number of carbonyl (C=O) groups excluding carboxylic acids is 1. The van der Waals surface area contributed by atoms with Crippen molar-refractivity contribution in [3.63, 3.8) is 0 Å². The Morgan fingerprint density at radius 1 is 1.03 bits per heavy atom. The van der Waals surface area contributed by atoms with Crippen molar-refractivity contribution in [3.8, 4) is 28.5 Å². The van der Waals surface area contributed by atoms with Gasteiger partial charge in [-0.2, -0.15) is 0 Å². The highest BCUT2D eigenvalue weighted by Crippen LogP contribution is 2.35. The van der Waals surface area contributed by atoms with Crippen LogP contribution < -0.4 is 19.5 Å². The highest BCUT2D eigenvalue weighted by atomic mass is 32.2. The number of benzene rings is 2. The molecule has 0 unspecified atom stereocenters. The van der Waals surface area contributed by atoms with Gasteiger partial charge in [-0.1, -0.05) is 0 Å². The van der Waals surface area contributed by atoms with E-state index in [1.165, 1.54) is 11.3 Å². The first-order chi connectivity index (χ1) is 14.6. The van der Waals surface area contributed by atoms with Gasteiger partial charge in [-0.05, 0) is 54.6 Å². The van der Waals surface area contributed by atoms with Crippen LogP contribution >= 0.6 is 23.1 Å². The summed E-state index contributed by atoms with van der Waals surface area (Å²) in [6, 6.07) is 13.5. The Labute approximate surface area is 184 Å². The Morgan fingerprint density at radius 3 is 2.47 bits per heavy atom. The number of thioether (sulfide) groups is 1. The number of nitrogens with one attached hydrogen (secondary N) is 1. The first-order valence-corrected chi connectivity index (χ1v) is 11.2. The third-order valence-electron chi connectivity index (χ3n) is 4.31. The van der Waals surface area contributed by atoms with Crippen molar-refractivity contribution in [2.24, 2.45) is 0 Å². The molecule has 1 amide bonds. The van der Waals surface area contributed by atoms with Gasteiger partial charge in [0.1, 0.15) is 17.2 Å². The summed E-state index contributed by atoms with van der Waals surface area (Å²) in [5.41, 5.74) is 1.56. The van der Waals surface area contributed by atoms with E-state index in [4.69, 9.17) is 14.2 Å². The molecule has 158 valence electrons. The van der Waals surface area contributed by atoms with Crippen molar-refractivity contribution in [2.45, 2.75) is 17.7 Å². The summed E-state index contributed by atoms with van der Waals surface area (Å²) in [6.45, 7) is 0. The molecular formula is C22H24N2O4S2. The monoisotopic (exact) mass is 444 g/mol. The topological polar surface area (TPSA) is 69.7 Å². The second-order valence-electron chi connectivity index (χ2n) is 6.28.